The topological polar surface area (TPSA) is 24.9 Å². The zero-order valence-electron chi connectivity index (χ0n) is 9.37. The van der Waals surface area contributed by atoms with Crippen molar-refractivity contribution in [1.29, 1.82) is 0 Å². The lowest BCUT2D eigenvalue weighted by Crippen LogP contribution is -2.03. The van der Waals surface area contributed by atoms with E-state index in [1.165, 1.54) is 17.8 Å². The molecule has 4 heteroatoms. The number of rotatable bonds is 3. The second-order valence-electron chi connectivity index (χ2n) is 3.82. The highest BCUT2D eigenvalue weighted by molar-refractivity contribution is 6.30. The Morgan fingerprint density at radius 2 is 2.00 bits per heavy atom. The van der Waals surface area contributed by atoms with Crippen LogP contribution >= 0.6 is 11.6 Å². The summed E-state index contributed by atoms with van der Waals surface area (Å²) in [4.78, 5) is 3.89. The highest BCUT2D eigenvalue weighted by atomic mass is 35.5. The van der Waals surface area contributed by atoms with E-state index in [2.05, 4.69) is 10.3 Å². The van der Waals surface area contributed by atoms with Crippen LogP contribution in [0.1, 0.15) is 11.1 Å². The van der Waals surface area contributed by atoms with Crippen molar-refractivity contribution in [3.63, 3.8) is 0 Å². The number of anilines is 1. The van der Waals surface area contributed by atoms with Crippen molar-refractivity contribution in [3.8, 4) is 0 Å². The molecule has 0 unspecified atom stereocenters. The molecule has 1 aromatic carbocycles. The fourth-order valence-electron chi connectivity index (χ4n) is 1.44. The first-order valence-electron chi connectivity index (χ1n) is 5.25. The van der Waals surface area contributed by atoms with Crippen LogP contribution in [0.25, 0.3) is 0 Å². The first-order chi connectivity index (χ1) is 8.15. The summed E-state index contributed by atoms with van der Waals surface area (Å²) in [5, 5.41) is 3.23. The zero-order chi connectivity index (χ0) is 12.3. The van der Waals surface area contributed by atoms with E-state index in [0.29, 0.717) is 11.6 Å². The van der Waals surface area contributed by atoms with E-state index in [1.807, 2.05) is 31.2 Å². The Morgan fingerprint density at radius 1 is 1.29 bits per heavy atom. The van der Waals surface area contributed by atoms with Crippen molar-refractivity contribution in [2.45, 2.75) is 13.5 Å². The Bertz CT molecular complexity index is 511. The van der Waals surface area contributed by atoms with E-state index in [0.717, 1.165) is 5.56 Å². The minimum Gasteiger partial charge on any atom is -0.364 e. The molecule has 0 bridgehead atoms. The van der Waals surface area contributed by atoms with E-state index < -0.39 is 5.82 Å². The summed E-state index contributed by atoms with van der Waals surface area (Å²) < 4.78 is 13.4. The Morgan fingerprint density at radius 3 is 2.65 bits per heavy atom. The van der Waals surface area contributed by atoms with Crippen molar-refractivity contribution in [2.75, 3.05) is 5.32 Å². The summed E-state index contributed by atoms with van der Waals surface area (Å²) in [5.74, 6) is -0.223. The van der Waals surface area contributed by atoms with Gasteiger partial charge in [-0.05, 0) is 18.6 Å². The summed E-state index contributed by atoms with van der Waals surface area (Å²) >= 11 is 5.62. The predicted molar refractivity (Wildman–Crippen MR) is 67.7 cm³/mol. The molecule has 2 rings (SSSR count). The summed E-state index contributed by atoms with van der Waals surface area (Å²) in [6, 6.07) is 9.27. The molecule has 0 amide bonds. The first-order valence-corrected chi connectivity index (χ1v) is 5.63. The second kappa shape index (κ2) is 5.15. The van der Waals surface area contributed by atoms with Crippen molar-refractivity contribution in [1.82, 2.24) is 4.98 Å². The quantitative estimate of drug-likeness (QED) is 0.896. The molecule has 88 valence electrons. The van der Waals surface area contributed by atoms with Gasteiger partial charge in [0.25, 0.3) is 0 Å². The molecule has 1 N–H and O–H groups in total. The Labute approximate surface area is 104 Å². The van der Waals surface area contributed by atoms with Crippen LogP contribution in [0.15, 0.2) is 36.5 Å². The average molecular weight is 251 g/mol. The van der Waals surface area contributed by atoms with Crippen molar-refractivity contribution in [2.24, 2.45) is 0 Å². The maximum absolute atomic E-state index is 13.4. The van der Waals surface area contributed by atoms with Gasteiger partial charge in [-0.1, -0.05) is 41.4 Å². The molecule has 0 aliphatic heterocycles. The summed E-state index contributed by atoms with van der Waals surface area (Å²) in [5.41, 5.74) is 2.27. The molecule has 2 nitrogen and oxygen atoms in total. The van der Waals surface area contributed by atoms with Gasteiger partial charge in [-0.15, -0.1) is 0 Å². The van der Waals surface area contributed by atoms with Crippen LogP contribution in [-0.4, -0.2) is 4.98 Å². The number of aryl methyl sites for hydroxylation is 1. The molecule has 0 aliphatic carbocycles. The first kappa shape index (κ1) is 11.9. The lowest BCUT2D eigenvalue weighted by molar-refractivity contribution is 0.624. The molecular formula is C13H12ClFN2. The SMILES string of the molecule is Cc1ccc(CNc2ncc(Cl)cc2F)cc1. The maximum atomic E-state index is 13.4. The summed E-state index contributed by atoms with van der Waals surface area (Å²) in [6.45, 7) is 2.56. The normalized spacial score (nSPS) is 10.3. The molecule has 0 saturated carbocycles. The number of hydrogen-bond acceptors (Lipinski definition) is 2. The lowest BCUT2D eigenvalue weighted by atomic mass is 10.1. The van der Waals surface area contributed by atoms with Gasteiger partial charge in [0.2, 0.25) is 0 Å². The number of benzene rings is 1. The second-order valence-corrected chi connectivity index (χ2v) is 4.26. The van der Waals surface area contributed by atoms with Crippen molar-refractivity contribution in [3.05, 3.63) is 58.5 Å². The van der Waals surface area contributed by atoms with Crippen LogP contribution < -0.4 is 5.32 Å². The molecule has 0 radical (unpaired) electrons. The highest BCUT2D eigenvalue weighted by Gasteiger charge is 2.03. The van der Waals surface area contributed by atoms with Gasteiger partial charge in [0.15, 0.2) is 11.6 Å². The maximum Gasteiger partial charge on any atom is 0.166 e. The van der Waals surface area contributed by atoms with Crippen LogP contribution in [0.2, 0.25) is 5.02 Å². The van der Waals surface area contributed by atoms with E-state index >= 15 is 0 Å². The monoisotopic (exact) mass is 250 g/mol. The number of hydrogen-bond donors (Lipinski definition) is 1. The van der Waals surface area contributed by atoms with Crippen LogP contribution in [0.4, 0.5) is 10.2 Å². The fraction of sp³-hybridized carbons (Fsp3) is 0.154. The van der Waals surface area contributed by atoms with E-state index in [-0.39, 0.29) is 5.82 Å². The van der Waals surface area contributed by atoms with Gasteiger partial charge < -0.3 is 5.32 Å². The lowest BCUT2D eigenvalue weighted by Gasteiger charge is -2.07. The molecule has 0 fully saturated rings. The summed E-state index contributed by atoms with van der Waals surface area (Å²) in [7, 11) is 0. The molecule has 0 atom stereocenters. The van der Waals surface area contributed by atoms with Gasteiger partial charge in [0.1, 0.15) is 0 Å². The van der Waals surface area contributed by atoms with E-state index in [4.69, 9.17) is 11.6 Å². The Balaban J connectivity index is 2.04. The molecular weight excluding hydrogens is 239 g/mol. The van der Waals surface area contributed by atoms with Gasteiger partial charge in [0.05, 0.1) is 5.02 Å². The zero-order valence-corrected chi connectivity index (χ0v) is 10.1. The standard InChI is InChI=1S/C13H12ClFN2/c1-9-2-4-10(5-3-9)7-16-13-12(15)6-11(14)8-17-13/h2-6,8H,7H2,1H3,(H,16,17). The average Bonchev–Trinajstić information content (AvgIpc) is 2.30. The Kier molecular flexibility index (Phi) is 3.59. The molecule has 17 heavy (non-hydrogen) atoms. The third-order valence-electron chi connectivity index (χ3n) is 2.39. The number of pyridine rings is 1. The number of aromatic nitrogens is 1. The van der Waals surface area contributed by atoms with Gasteiger partial charge >= 0.3 is 0 Å². The number of nitrogens with one attached hydrogen (secondary N) is 1. The van der Waals surface area contributed by atoms with Gasteiger partial charge in [-0.3, -0.25) is 0 Å². The minimum atomic E-state index is -0.440. The van der Waals surface area contributed by atoms with Gasteiger partial charge in [-0.2, -0.15) is 0 Å². The fourth-order valence-corrected chi connectivity index (χ4v) is 1.58. The molecule has 0 spiro atoms. The summed E-state index contributed by atoms with van der Waals surface area (Å²) in [6.07, 6.45) is 1.42. The molecule has 1 aromatic heterocycles. The Hall–Kier alpha value is -1.61. The largest absolute Gasteiger partial charge is 0.364 e. The highest BCUT2D eigenvalue weighted by Crippen LogP contribution is 2.16. The number of halogens is 2. The van der Waals surface area contributed by atoms with E-state index in [9.17, 15) is 4.39 Å². The van der Waals surface area contributed by atoms with Crippen molar-refractivity contribution < 1.29 is 4.39 Å². The van der Waals surface area contributed by atoms with Crippen LogP contribution in [0.3, 0.4) is 0 Å². The minimum absolute atomic E-state index is 0.218. The predicted octanol–water partition coefficient (Wildman–Crippen LogP) is 3.79. The van der Waals surface area contributed by atoms with Gasteiger partial charge in [-0.25, -0.2) is 9.37 Å². The molecule has 1 heterocycles. The van der Waals surface area contributed by atoms with E-state index in [1.54, 1.807) is 0 Å². The molecule has 2 aromatic rings. The smallest absolute Gasteiger partial charge is 0.166 e. The van der Waals surface area contributed by atoms with Crippen LogP contribution in [0, 0.1) is 12.7 Å². The molecule has 0 saturated heterocycles. The third-order valence-corrected chi connectivity index (χ3v) is 2.60. The third kappa shape index (κ3) is 3.17. The number of nitrogens with zero attached hydrogens (tertiary/aromatic N) is 1. The van der Waals surface area contributed by atoms with Gasteiger partial charge in [0, 0.05) is 12.7 Å². The van der Waals surface area contributed by atoms with Crippen molar-refractivity contribution >= 4 is 17.4 Å². The van der Waals surface area contributed by atoms with Crippen LogP contribution in [0.5, 0.6) is 0 Å². The van der Waals surface area contributed by atoms with Crippen LogP contribution in [-0.2, 0) is 6.54 Å². The molecule has 0 aliphatic rings.